The highest BCUT2D eigenvalue weighted by molar-refractivity contribution is 6.04. The fourth-order valence-electron chi connectivity index (χ4n) is 2.06. The zero-order valence-electron chi connectivity index (χ0n) is 14.9. The minimum absolute atomic E-state index is 0.00332. The minimum atomic E-state index is -1.13. The van der Waals surface area contributed by atoms with Crippen LogP contribution >= 0.6 is 0 Å². The third kappa shape index (κ3) is 4.89. The maximum absolute atomic E-state index is 12.2. The van der Waals surface area contributed by atoms with Crippen molar-refractivity contribution in [1.82, 2.24) is 10.3 Å². The van der Waals surface area contributed by atoms with E-state index in [0.29, 0.717) is 11.3 Å². The first-order valence-corrected chi connectivity index (χ1v) is 8.15. The molecule has 2 aromatic rings. The van der Waals surface area contributed by atoms with Crippen LogP contribution in [0.25, 0.3) is 0 Å². The Bertz CT molecular complexity index is 829. The molecule has 0 radical (unpaired) electrons. The van der Waals surface area contributed by atoms with E-state index in [1.54, 1.807) is 24.3 Å². The van der Waals surface area contributed by atoms with E-state index in [1.807, 2.05) is 20.8 Å². The van der Waals surface area contributed by atoms with Crippen molar-refractivity contribution in [1.29, 1.82) is 0 Å². The number of benzene rings is 1. The Morgan fingerprint density at radius 2 is 1.69 bits per heavy atom. The number of aromatic carboxylic acids is 1. The third-order valence-corrected chi connectivity index (χ3v) is 3.98. The number of hydrogen-bond donors (Lipinski definition) is 3. The number of amides is 2. The Kier molecular flexibility index (Phi) is 5.71. The molecule has 0 spiro atoms. The molecule has 3 N–H and O–H groups in total. The van der Waals surface area contributed by atoms with Crippen molar-refractivity contribution in [3.8, 4) is 0 Å². The summed E-state index contributed by atoms with van der Waals surface area (Å²) in [6.45, 7) is 5.88. The zero-order chi connectivity index (χ0) is 19.3. The van der Waals surface area contributed by atoms with Gasteiger partial charge in [0, 0.05) is 23.0 Å². The quantitative estimate of drug-likeness (QED) is 0.738. The lowest BCUT2D eigenvalue weighted by Gasteiger charge is -2.24. The summed E-state index contributed by atoms with van der Waals surface area (Å²) in [5.41, 5.74) is 0.636. The fourth-order valence-corrected chi connectivity index (χ4v) is 2.06. The molecule has 136 valence electrons. The fraction of sp³-hybridized carbons (Fsp3) is 0.263. The van der Waals surface area contributed by atoms with Crippen LogP contribution in [0.2, 0.25) is 0 Å². The standard InChI is InChI=1S/C19H21N3O4/c1-4-19(2,3)22-16(23)12-5-7-14(8-6-12)21-17(24)15-11-13(18(25)26)9-10-20-15/h5-11H,4H2,1-3H3,(H,21,24)(H,22,23)(H,25,26). The highest BCUT2D eigenvalue weighted by Crippen LogP contribution is 2.14. The van der Waals surface area contributed by atoms with Crippen molar-refractivity contribution in [2.45, 2.75) is 32.7 Å². The van der Waals surface area contributed by atoms with E-state index in [2.05, 4.69) is 15.6 Å². The van der Waals surface area contributed by atoms with Gasteiger partial charge in [0.25, 0.3) is 11.8 Å². The van der Waals surface area contributed by atoms with E-state index >= 15 is 0 Å². The van der Waals surface area contributed by atoms with Gasteiger partial charge in [-0.25, -0.2) is 4.79 Å². The van der Waals surface area contributed by atoms with Gasteiger partial charge in [0.2, 0.25) is 0 Å². The highest BCUT2D eigenvalue weighted by Gasteiger charge is 2.19. The molecule has 1 aromatic heterocycles. The van der Waals surface area contributed by atoms with Gasteiger partial charge in [-0.1, -0.05) is 6.92 Å². The molecule has 0 aliphatic heterocycles. The number of aromatic nitrogens is 1. The first-order valence-electron chi connectivity index (χ1n) is 8.15. The Balaban J connectivity index is 2.07. The lowest BCUT2D eigenvalue weighted by Crippen LogP contribution is -2.42. The topological polar surface area (TPSA) is 108 Å². The summed E-state index contributed by atoms with van der Waals surface area (Å²) in [6, 6.07) is 8.94. The molecule has 2 rings (SSSR count). The lowest BCUT2D eigenvalue weighted by molar-refractivity contribution is 0.0696. The Morgan fingerprint density at radius 1 is 1.04 bits per heavy atom. The molecule has 0 atom stereocenters. The molecule has 0 fully saturated rings. The van der Waals surface area contributed by atoms with Crippen LogP contribution in [0.3, 0.4) is 0 Å². The molecule has 0 unspecified atom stereocenters. The summed E-state index contributed by atoms with van der Waals surface area (Å²) in [7, 11) is 0. The van der Waals surface area contributed by atoms with Gasteiger partial charge in [-0.3, -0.25) is 14.6 Å². The van der Waals surface area contributed by atoms with E-state index in [-0.39, 0.29) is 22.7 Å². The summed E-state index contributed by atoms with van der Waals surface area (Å²) in [6.07, 6.45) is 2.07. The van der Waals surface area contributed by atoms with Crippen molar-refractivity contribution in [2.75, 3.05) is 5.32 Å². The molecule has 2 amide bonds. The van der Waals surface area contributed by atoms with Crippen LogP contribution in [-0.2, 0) is 0 Å². The minimum Gasteiger partial charge on any atom is -0.478 e. The van der Waals surface area contributed by atoms with Crippen molar-refractivity contribution in [3.05, 3.63) is 59.4 Å². The molecule has 26 heavy (non-hydrogen) atoms. The number of carboxylic acids is 1. The van der Waals surface area contributed by atoms with Crippen LogP contribution in [-0.4, -0.2) is 33.4 Å². The van der Waals surface area contributed by atoms with Gasteiger partial charge in [-0.05, 0) is 56.7 Å². The summed E-state index contributed by atoms with van der Waals surface area (Å²) in [4.78, 5) is 39.2. The molecule has 0 saturated carbocycles. The largest absolute Gasteiger partial charge is 0.478 e. The molecular formula is C19H21N3O4. The summed E-state index contributed by atoms with van der Waals surface area (Å²) in [5.74, 6) is -1.85. The molecule has 0 aliphatic carbocycles. The number of pyridine rings is 1. The smallest absolute Gasteiger partial charge is 0.335 e. The van der Waals surface area contributed by atoms with Crippen molar-refractivity contribution in [2.24, 2.45) is 0 Å². The van der Waals surface area contributed by atoms with Gasteiger partial charge < -0.3 is 15.7 Å². The second-order valence-electron chi connectivity index (χ2n) is 6.46. The predicted molar refractivity (Wildman–Crippen MR) is 97.4 cm³/mol. The van der Waals surface area contributed by atoms with Crippen LogP contribution in [0.1, 0.15) is 58.4 Å². The number of anilines is 1. The van der Waals surface area contributed by atoms with Crippen LogP contribution in [0.15, 0.2) is 42.6 Å². The average Bonchev–Trinajstić information content (AvgIpc) is 2.62. The zero-order valence-corrected chi connectivity index (χ0v) is 14.9. The molecule has 0 bridgehead atoms. The average molecular weight is 355 g/mol. The highest BCUT2D eigenvalue weighted by atomic mass is 16.4. The summed E-state index contributed by atoms with van der Waals surface area (Å²) in [5, 5.41) is 14.5. The Morgan fingerprint density at radius 3 is 2.27 bits per heavy atom. The summed E-state index contributed by atoms with van der Waals surface area (Å²) >= 11 is 0. The number of nitrogens with zero attached hydrogens (tertiary/aromatic N) is 1. The van der Waals surface area contributed by atoms with Crippen LogP contribution in [0, 0.1) is 0 Å². The maximum Gasteiger partial charge on any atom is 0.335 e. The molecule has 7 nitrogen and oxygen atoms in total. The number of carbonyl (C=O) groups excluding carboxylic acids is 2. The number of rotatable bonds is 6. The molecule has 7 heteroatoms. The van der Waals surface area contributed by atoms with E-state index in [1.165, 1.54) is 18.3 Å². The van der Waals surface area contributed by atoms with Gasteiger partial charge in [-0.2, -0.15) is 0 Å². The molecule has 1 aromatic carbocycles. The molecule has 0 aliphatic rings. The number of carboxylic acid groups (broad SMARTS) is 1. The van der Waals surface area contributed by atoms with Crippen LogP contribution < -0.4 is 10.6 Å². The van der Waals surface area contributed by atoms with Gasteiger partial charge in [-0.15, -0.1) is 0 Å². The third-order valence-electron chi connectivity index (χ3n) is 3.98. The molecule has 1 heterocycles. The number of nitrogens with one attached hydrogen (secondary N) is 2. The van der Waals surface area contributed by atoms with E-state index in [9.17, 15) is 14.4 Å². The second-order valence-corrected chi connectivity index (χ2v) is 6.46. The first-order chi connectivity index (χ1) is 12.2. The Hall–Kier alpha value is -3.22. The van der Waals surface area contributed by atoms with Crippen molar-refractivity contribution < 1.29 is 19.5 Å². The first kappa shape index (κ1) is 19.1. The van der Waals surface area contributed by atoms with E-state index < -0.39 is 11.9 Å². The maximum atomic E-state index is 12.2. The monoisotopic (exact) mass is 355 g/mol. The van der Waals surface area contributed by atoms with Crippen LogP contribution in [0.4, 0.5) is 5.69 Å². The van der Waals surface area contributed by atoms with Crippen molar-refractivity contribution in [3.63, 3.8) is 0 Å². The normalized spacial score (nSPS) is 10.9. The SMILES string of the molecule is CCC(C)(C)NC(=O)c1ccc(NC(=O)c2cc(C(=O)O)ccn2)cc1. The molecular weight excluding hydrogens is 334 g/mol. The predicted octanol–water partition coefficient (Wildman–Crippen LogP) is 2.95. The summed E-state index contributed by atoms with van der Waals surface area (Å²) < 4.78 is 0. The van der Waals surface area contributed by atoms with Gasteiger partial charge in [0.1, 0.15) is 5.69 Å². The second kappa shape index (κ2) is 7.77. The van der Waals surface area contributed by atoms with E-state index in [4.69, 9.17) is 5.11 Å². The number of carbonyl (C=O) groups is 3. The van der Waals surface area contributed by atoms with Gasteiger partial charge >= 0.3 is 5.97 Å². The molecule has 0 saturated heterocycles. The van der Waals surface area contributed by atoms with Crippen molar-refractivity contribution >= 4 is 23.5 Å². The van der Waals surface area contributed by atoms with Crippen LogP contribution in [0.5, 0.6) is 0 Å². The number of hydrogen-bond acceptors (Lipinski definition) is 4. The van der Waals surface area contributed by atoms with Gasteiger partial charge in [0.15, 0.2) is 0 Å². The lowest BCUT2D eigenvalue weighted by atomic mass is 10.0. The van der Waals surface area contributed by atoms with Gasteiger partial charge in [0.05, 0.1) is 5.56 Å². The Labute approximate surface area is 151 Å². The van der Waals surface area contributed by atoms with E-state index in [0.717, 1.165) is 6.42 Å².